The number of piperidine rings is 1. The third kappa shape index (κ3) is 4.16. The van der Waals surface area contributed by atoms with Crippen LogP contribution in [0.5, 0.6) is 0 Å². The predicted molar refractivity (Wildman–Crippen MR) is 120 cm³/mol. The van der Waals surface area contributed by atoms with E-state index in [2.05, 4.69) is 36.2 Å². The highest BCUT2D eigenvalue weighted by atomic mass is 32.1. The summed E-state index contributed by atoms with van der Waals surface area (Å²) < 4.78 is 0. The van der Waals surface area contributed by atoms with Gasteiger partial charge in [-0.05, 0) is 29.3 Å². The molecule has 1 aromatic carbocycles. The van der Waals surface area contributed by atoms with Gasteiger partial charge in [-0.25, -0.2) is 0 Å². The number of hydrogen-bond donors (Lipinski definition) is 1. The molecule has 0 bridgehead atoms. The first-order valence-corrected chi connectivity index (χ1v) is 11.9. The fourth-order valence-corrected chi connectivity index (χ4v) is 5.30. The molecule has 1 aromatic heterocycles. The molecule has 2 saturated heterocycles. The zero-order chi connectivity index (χ0) is 21.1. The molecule has 2 aliphatic rings. The number of carbonyl (C=O) groups excluding carboxylic acids is 2. The first-order chi connectivity index (χ1) is 14.5. The summed E-state index contributed by atoms with van der Waals surface area (Å²) in [5, 5.41) is 5.66. The van der Waals surface area contributed by atoms with E-state index in [9.17, 15) is 9.59 Å². The molecule has 6 heteroatoms. The Hall–Kier alpha value is -2.18. The molecule has 0 unspecified atom stereocenters. The second-order valence-corrected chi connectivity index (χ2v) is 9.60. The third-order valence-electron chi connectivity index (χ3n) is 6.61. The summed E-state index contributed by atoms with van der Waals surface area (Å²) in [6, 6.07) is 13.8. The number of nitrogens with zero attached hydrogens (tertiary/aromatic N) is 2. The summed E-state index contributed by atoms with van der Waals surface area (Å²) in [5.41, 5.74) is 0.834. The Labute approximate surface area is 183 Å². The minimum atomic E-state index is -0.341. The minimum Gasteiger partial charge on any atom is -0.338 e. The monoisotopic (exact) mass is 425 g/mol. The van der Waals surface area contributed by atoms with Crippen molar-refractivity contribution in [3.8, 4) is 0 Å². The SMILES string of the molecule is CC[C@@H](C)CN1C(=O)[C@@H](Cc2ccccc2)NC12CCN(C(=O)c1cccs1)CC2. The highest BCUT2D eigenvalue weighted by Gasteiger charge is 2.51. The number of benzene rings is 1. The van der Waals surface area contributed by atoms with Crippen LogP contribution in [0, 0.1) is 5.92 Å². The minimum absolute atomic E-state index is 0.110. The van der Waals surface area contributed by atoms with Crippen LogP contribution < -0.4 is 5.32 Å². The maximum Gasteiger partial charge on any atom is 0.263 e. The first-order valence-electron chi connectivity index (χ1n) is 11.0. The lowest BCUT2D eigenvalue weighted by Gasteiger charge is -2.45. The number of likely N-dealkylation sites (tertiary alicyclic amines) is 1. The van der Waals surface area contributed by atoms with Gasteiger partial charge in [0.25, 0.3) is 5.91 Å². The van der Waals surface area contributed by atoms with Crippen LogP contribution in [0.2, 0.25) is 0 Å². The van der Waals surface area contributed by atoms with Gasteiger partial charge in [0.15, 0.2) is 0 Å². The van der Waals surface area contributed by atoms with E-state index in [0.29, 0.717) is 25.4 Å². The fraction of sp³-hybridized carbons (Fsp3) is 0.500. The number of rotatable bonds is 6. The van der Waals surface area contributed by atoms with Crippen LogP contribution in [0.1, 0.15) is 48.3 Å². The van der Waals surface area contributed by atoms with Crippen molar-refractivity contribution in [3.63, 3.8) is 0 Å². The summed E-state index contributed by atoms with van der Waals surface area (Å²) in [5.74, 6) is 0.768. The second-order valence-electron chi connectivity index (χ2n) is 8.65. The highest BCUT2D eigenvalue weighted by molar-refractivity contribution is 7.12. The van der Waals surface area contributed by atoms with Gasteiger partial charge in [0, 0.05) is 32.5 Å². The van der Waals surface area contributed by atoms with E-state index >= 15 is 0 Å². The molecule has 160 valence electrons. The average molecular weight is 426 g/mol. The van der Waals surface area contributed by atoms with Gasteiger partial charge >= 0.3 is 0 Å². The van der Waals surface area contributed by atoms with Crippen molar-refractivity contribution >= 4 is 23.2 Å². The Balaban J connectivity index is 1.50. The predicted octanol–water partition coefficient (Wildman–Crippen LogP) is 3.77. The summed E-state index contributed by atoms with van der Waals surface area (Å²) in [6.45, 7) is 6.50. The van der Waals surface area contributed by atoms with Gasteiger partial charge in [0.05, 0.1) is 16.6 Å². The van der Waals surface area contributed by atoms with Crippen LogP contribution in [0.4, 0.5) is 0 Å². The van der Waals surface area contributed by atoms with Crippen molar-refractivity contribution in [2.24, 2.45) is 5.92 Å². The number of amides is 2. The van der Waals surface area contributed by atoms with Crippen LogP contribution in [0.3, 0.4) is 0 Å². The van der Waals surface area contributed by atoms with Crippen LogP contribution in [-0.2, 0) is 11.2 Å². The molecule has 3 heterocycles. The molecule has 2 aliphatic heterocycles. The molecule has 30 heavy (non-hydrogen) atoms. The lowest BCUT2D eigenvalue weighted by Crippen LogP contribution is -2.60. The molecule has 2 atom stereocenters. The maximum atomic E-state index is 13.4. The number of hydrogen-bond acceptors (Lipinski definition) is 4. The van der Waals surface area contributed by atoms with Crippen LogP contribution in [-0.4, -0.2) is 53.0 Å². The van der Waals surface area contributed by atoms with E-state index in [4.69, 9.17) is 0 Å². The van der Waals surface area contributed by atoms with Crippen LogP contribution >= 0.6 is 11.3 Å². The molecule has 0 aliphatic carbocycles. The normalized spacial score (nSPS) is 21.9. The van der Waals surface area contributed by atoms with E-state index < -0.39 is 0 Å². The van der Waals surface area contributed by atoms with Crippen LogP contribution in [0.15, 0.2) is 47.8 Å². The van der Waals surface area contributed by atoms with Gasteiger partial charge in [-0.15, -0.1) is 11.3 Å². The Morgan fingerprint density at radius 2 is 1.93 bits per heavy atom. The van der Waals surface area contributed by atoms with Crippen molar-refractivity contribution in [2.75, 3.05) is 19.6 Å². The van der Waals surface area contributed by atoms with Gasteiger partial charge in [0.2, 0.25) is 5.91 Å². The van der Waals surface area contributed by atoms with Gasteiger partial charge in [-0.2, -0.15) is 0 Å². The quantitative estimate of drug-likeness (QED) is 0.767. The Morgan fingerprint density at radius 3 is 2.57 bits per heavy atom. The molecule has 2 fully saturated rings. The molecule has 2 aromatic rings. The standard InChI is InChI=1S/C24H31N3O2S/c1-3-18(2)17-27-22(28)20(16-19-8-5-4-6-9-19)25-24(27)11-13-26(14-12-24)23(29)21-10-7-15-30-21/h4-10,15,18,20,25H,3,11-14,16-17H2,1-2H3/t18-,20-/m1/s1. The number of thiophene rings is 1. The average Bonchev–Trinajstić information content (AvgIpc) is 3.39. The van der Waals surface area contributed by atoms with Gasteiger partial charge in [-0.3, -0.25) is 14.9 Å². The van der Waals surface area contributed by atoms with E-state index in [-0.39, 0.29) is 23.5 Å². The van der Waals surface area contributed by atoms with Gasteiger partial charge < -0.3 is 9.80 Å². The molecular formula is C24H31N3O2S. The topological polar surface area (TPSA) is 52.7 Å². The van der Waals surface area contributed by atoms with Crippen molar-refractivity contribution < 1.29 is 9.59 Å². The summed E-state index contributed by atoms with van der Waals surface area (Å²) in [7, 11) is 0. The largest absolute Gasteiger partial charge is 0.338 e. The zero-order valence-corrected chi connectivity index (χ0v) is 18.7. The third-order valence-corrected chi connectivity index (χ3v) is 7.47. The zero-order valence-electron chi connectivity index (χ0n) is 17.8. The Morgan fingerprint density at radius 1 is 1.20 bits per heavy atom. The summed E-state index contributed by atoms with van der Waals surface area (Å²) in [4.78, 5) is 31.0. The molecule has 0 saturated carbocycles. The van der Waals surface area contributed by atoms with Crippen LogP contribution in [0.25, 0.3) is 0 Å². The molecular weight excluding hydrogens is 394 g/mol. The van der Waals surface area contributed by atoms with Gasteiger partial charge in [0.1, 0.15) is 0 Å². The molecule has 1 spiro atoms. The van der Waals surface area contributed by atoms with Gasteiger partial charge in [-0.1, -0.05) is 56.7 Å². The molecule has 1 N–H and O–H groups in total. The summed E-state index contributed by atoms with van der Waals surface area (Å²) >= 11 is 1.49. The van der Waals surface area contributed by atoms with Crippen molar-refractivity contribution in [3.05, 3.63) is 58.3 Å². The van der Waals surface area contributed by atoms with E-state index in [1.807, 2.05) is 40.6 Å². The van der Waals surface area contributed by atoms with Crippen molar-refractivity contribution in [1.29, 1.82) is 0 Å². The lowest BCUT2D eigenvalue weighted by molar-refractivity contribution is -0.134. The smallest absolute Gasteiger partial charge is 0.263 e. The van der Waals surface area contributed by atoms with Crippen molar-refractivity contribution in [2.45, 2.75) is 51.2 Å². The summed E-state index contributed by atoms with van der Waals surface area (Å²) in [6.07, 6.45) is 3.30. The number of carbonyl (C=O) groups is 2. The molecule has 0 radical (unpaired) electrons. The molecule has 4 rings (SSSR count). The molecule has 5 nitrogen and oxygen atoms in total. The lowest BCUT2D eigenvalue weighted by atomic mass is 9.94. The fourth-order valence-electron chi connectivity index (χ4n) is 4.61. The second kappa shape index (κ2) is 8.90. The van der Waals surface area contributed by atoms with E-state index in [1.54, 1.807) is 0 Å². The highest BCUT2D eigenvalue weighted by Crippen LogP contribution is 2.35. The van der Waals surface area contributed by atoms with E-state index in [0.717, 1.165) is 30.7 Å². The van der Waals surface area contributed by atoms with Crippen molar-refractivity contribution in [1.82, 2.24) is 15.1 Å². The Kier molecular flexibility index (Phi) is 6.25. The van der Waals surface area contributed by atoms with E-state index in [1.165, 1.54) is 16.9 Å². The first kappa shape index (κ1) is 21.1. The maximum absolute atomic E-state index is 13.4. The molecule has 2 amide bonds. The Bertz CT molecular complexity index is 860. The number of nitrogens with one attached hydrogen (secondary N) is 1.